The van der Waals surface area contributed by atoms with E-state index >= 15 is 0 Å². The predicted molar refractivity (Wildman–Crippen MR) is 77.2 cm³/mol. The molecule has 2 aromatic rings. The van der Waals surface area contributed by atoms with E-state index in [2.05, 4.69) is 20.2 Å². The average molecular weight is 308 g/mol. The van der Waals surface area contributed by atoms with Gasteiger partial charge in [-0.05, 0) is 31.2 Å². The van der Waals surface area contributed by atoms with Crippen molar-refractivity contribution in [2.45, 2.75) is 18.4 Å². The molecule has 1 heterocycles. The molecule has 0 spiro atoms. The number of H-pyrrole nitrogens is 1. The molecule has 0 saturated heterocycles. The quantitative estimate of drug-likeness (QED) is 0.750. The Hall–Kier alpha value is -2.19. The minimum atomic E-state index is -3.63. The molecular formula is C13H16N4O3S. The van der Waals surface area contributed by atoms with E-state index in [4.69, 9.17) is 0 Å². The van der Waals surface area contributed by atoms with Crippen LogP contribution in [0.25, 0.3) is 0 Å². The monoisotopic (exact) mass is 308 g/mol. The number of aromatic amines is 1. The number of aromatic nitrogens is 2. The Morgan fingerprint density at radius 1 is 1.29 bits per heavy atom. The number of carbonyl (C=O) groups is 1. The van der Waals surface area contributed by atoms with Gasteiger partial charge in [-0.25, -0.2) is 13.1 Å². The number of aryl methyl sites for hydroxylation is 1. The SMILES string of the molecule is CNC(=O)c1ccc(S(=O)(=O)NCc2cn[nH]c2C)cc1. The third kappa shape index (κ3) is 3.47. The zero-order chi connectivity index (χ0) is 15.5. The maximum Gasteiger partial charge on any atom is 0.251 e. The molecule has 7 nitrogen and oxygen atoms in total. The lowest BCUT2D eigenvalue weighted by Gasteiger charge is -2.07. The number of rotatable bonds is 5. The molecule has 0 bridgehead atoms. The van der Waals surface area contributed by atoms with Crippen LogP contribution in [0.5, 0.6) is 0 Å². The molecule has 1 amide bonds. The zero-order valence-corrected chi connectivity index (χ0v) is 12.5. The standard InChI is InChI=1S/C13H16N4O3S/c1-9-11(7-15-17-9)8-16-21(19,20)12-5-3-10(4-6-12)13(18)14-2/h3-7,16H,8H2,1-2H3,(H,14,18)(H,15,17). The molecule has 0 aliphatic rings. The molecule has 112 valence electrons. The lowest BCUT2D eigenvalue weighted by molar-refractivity contribution is 0.0963. The van der Waals surface area contributed by atoms with Crippen molar-refractivity contribution in [2.24, 2.45) is 0 Å². The van der Waals surface area contributed by atoms with Crippen LogP contribution in [0.4, 0.5) is 0 Å². The first kappa shape index (κ1) is 15.2. The predicted octanol–water partition coefficient (Wildman–Crippen LogP) is 0.556. The van der Waals surface area contributed by atoms with Crippen molar-refractivity contribution < 1.29 is 13.2 Å². The summed E-state index contributed by atoms with van der Waals surface area (Å²) in [4.78, 5) is 11.5. The Balaban J connectivity index is 2.12. The van der Waals surface area contributed by atoms with Crippen molar-refractivity contribution in [3.8, 4) is 0 Å². The first-order valence-corrected chi connectivity index (χ1v) is 7.73. The molecule has 21 heavy (non-hydrogen) atoms. The molecular weight excluding hydrogens is 292 g/mol. The summed E-state index contributed by atoms with van der Waals surface area (Å²) in [6.45, 7) is 1.97. The van der Waals surface area contributed by atoms with Crippen LogP contribution in [0.2, 0.25) is 0 Å². The summed E-state index contributed by atoms with van der Waals surface area (Å²) in [6.07, 6.45) is 1.58. The van der Waals surface area contributed by atoms with Gasteiger partial charge in [0.1, 0.15) is 0 Å². The van der Waals surface area contributed by atoms with E-state index in [-0.39, 0.29) is 17.3 Å². The summed E-state index contributed by atoms with van der Waals surface area (Å²) in [6, 6.07) is 5.73. The lowest BCUT2D eigenvalue weighted by Crippen LogP contribution is -2.23. The van der Waals surface area contributed by atoms with Crippen LogP contribution in [0.3, 0.4) is 0 Å². The second-order valence-corrected chi connectivity index (χ2v) is 6.22. The van der Waals surface area contributed by atoms with Crippen LogP contribution in [0, 0.1) is 6.92 Å². The molecule has 1 aromatic carbocycles. The van der Waals surface area contributed by atoms with Crippen molar-refractivity contribution in [1.29, 1.82) is 0 Å². The van der Waals surface area contributed by atoms with Crippen LogP contribution in [0.1, 0.15) is 21.6 Å². The Morgan fingerprint density at radius 3 is 2.48 bits per heavy atom. The minimum absolute atomic E-state index is 0.108. The van der Waals surface area contributed by atoms with Crippen LogP contribution in [-0.4, -0.2) is 31.6 Å². The summed E-state index contributed by atoms with van der Waals surface area (Å²) in [7, 11) is -2.11. The van der Waals surface area contributed by atoms with Crippen LogP contribution >= 0.6 is 0 Å². The third-order valence-electron chi connectivity index (χ3n) is 3.04. The first-order chi connectivity index (χ1) is 9.94. The summed E-state index contributed by atoms with van der Waals surface area (Å²) in [5.74, 6) is -0.263. The number of nitrogens with one attached hydrogen (secondary N) is 3. The molecule has 0 unspecified atom stereocenters. The normalized spacial score (nSPS) is 11.3. The molecule has 2 rings (SSSR count). The maximum atomic E-state index is 12.1. The minimum Gasteiger partial charge on any atom is -0.355 e. The third-order valence-corrected chi connectivity index (χ3v) is 4.46. The van der Waals surface area contributed by atoms with E-state index in [1.807, 2.05) is 6.92 Å². The van der Waals surface area contributed by atoms with Gasteiger partial charge in [0.15, 0.2) is 0 Å². The van der Waals surface area contributed by atoms with Crippen LogP contribution in [-0.2, 0) is 16.6 Å². The van der Waals surface area contributed by atoms with Crippen molar-refractivity contribution in [1.82, 2.24) is 20.2 Å². The Labute approximate surface area is 122 Å². The van der Waals surface area contributed by atoms with E-state index in [0.29, 0.717) is 5.56 Å². The topological polar surface area (TPSA) is 104 Å². The van der Waals surface area contributed by atoms with Crippen molar-refractivity contribution in [2.75, 3.05) is 7.05 Å². The Kier molecular flexibility index (Phi) is 4.39. The Bertz CT molecular complexity index is 735. The van der Waals surface area contributed by atoms with E-state index in [9.17, 15) is 13.2 Å². The van der Waals surface area contributed by atoms with Gasteiger partial charge in [0.25, 0.3) is 5.91 Å². The van der Waals surface area contributed by atoms with Gasteiger partial charge in [-0.3, -0.25) is 9.89 Å². The van der Waals surface area contributed by atoms with Gasteiger partial charge in [-0.15, -0.1) is 0 Å². The van der Waals surface area contributed by atoms with Crippen molar-refractivity contribution in [3.63, 3.8) is 0 Å². The molecule has 0 radical (unpaired) electrons. The molecule has 1 aromatic heterocycles. The molecule has 0 fully saturated rings. The lowest BCUT2D eigenvalue weighted by atomic mass is 10.2. The summed E-state index contributed by atoms with van der Waals surface area (Å²) >= 11 is 0. The van der Waals surface area contributed by atoms with Gasteiger partial charge in [-0.2, -0.15) is 5.10 Å². The zero-order valence-electron chi connectivity index (χ0n) is 11.7. The number of carbonyl (C=O) groups excluding carboxylic acids is 1. The van der Waals surface area contributed by atoms with Crippen LogP contribution in [0.15, 0.2) is 35.4 Å². The Morgan fingerprint density at radius 2 is 1.95 bits per heavy atom. The van der Waals surface area contributed by atoms with E-state index < -0.39 is 10.0 Å². The molecule has 8 heteroatoms. The first-order valence-electron chi connectivity index (χ1n) is 6.24. The molecule has 0 aliphatic carbocycles. The van der Waals surface area contributed by atoms with Crippen molar-refractivity contribution >= 4 is 15.9 Å². The van der Waals surface area contributed by atoms with Gasteiger partial charge in [0, 0.05) is 30.4 Å². The van der Waals surface area contributed by atoms with Gasteiger partial charge in [0.2, 0.25) is 10.0 Å². The van der Waals surface area contributed by atoms with Crippen LogP contribution < -0.4 is 10.0 Å². The molecule has 0 saturated carbocycles. The van der Waals surface area contributed by atoms with Gasteiger partial charge in [-0.1, -0.05) is 0 Å². The average Bonchev–Trinajstić information content (AvgIpc) is 2.90. The molecule has 3 N–H and O–H groups in total. The second kappa shape index (κ2) is 6.06. The maximum absolute atomic E-state index is 12.1. The number of hydrogen-bond donors (Lipinski definition) is 3. The second-order valence-electron chi connectivity index (χ2n) is 4.45. The van der Waals surface area contributed by atoms with Gasteiger partial charge >= 0.3 is 0 Å². The fourth-order valence-electron chi connectivity index (χ4n) is 1.74. The fraction of sp³-hybridized carbons (Fsp3) is 0.231. The summed E-state index contributed by atoms with van der Waals surface area (Å²) < 4.78 is 26.8. The van der Waals surface area contributed by atoms with Crippen molar-refractivity contribution in [3.05, 3.63) is 47.3 Å². The van der Waals surface area contributed by atoms with E-state index in [1.54, 1.807) is 6.20 Å². The smallest absolute Gasteiger partial charge is 0.251 e. The number of sulfonamides is 1. The molecule has 0 atom stereocenters. The van der Waals surface area contributed by atoms with Gasteiger partial charge in [0.05, 0.1) is 11.1 Å². The highest BCUT2D eigenvalue weighted by Crippen LogP contribution is 2.12. The number of nitrogens with zero attached hydrogens (tertiary/aromatic N) is 1. The highest BCUT2D eigenvalue weighted by molar-refractivity contribution is 7.89. The number of amides is 1. The summed E-state index contributed by atoms with van der Waals surface area (Å²) in [5.41, 5.74) is 2.00. The fourth-order valence-corrected chi connectivity index (χ4v) is 2.75. The highest BCUT2D eigenvalue weighted by Gasteiger charge is 2.15. The largest absolute Gasteiger partial charge is 0.355 e. The summed E-state index contributed by atoms with van der Waals surface area (Å²) in [5, 5.41) is 9.05. The number of hydrogen-bond acceptors (Lipinski definition) is 4. The van der Waals surface area contributed by atoms with E-state index in [0.717, 1.165) is 11.3 Å². The molecule has 0 aliphatic heterocycles. The van der Waals surface area contributed by atoms with E-state index in [1.165, 1.54) is 31.3 Å². The number of benzene rings is 1. The van der Waals surface area contributed by atoms with Gasteiger partial charge < -0.3 is 5.32 Å². The highest BCUT2D eigenvalue weighted by atomic mass is 32.2.